The van der Waals surface area contributed by atoms with Crippen LogP contribution in [0.5, 0.6) is 11.5 Å². The molecule has 3 N–H and O–H groups in total. The number of H-pyrrole nitrogens is 1. The first-order chi connectivity index (χ1) is 21.2. The van der Waals surface area contributed by atoms with Gasteiger partial charge in [-0.05, 0) is 42.0 Å². The summed E-state index contributed by atoms with van der Waals surface area (Å²) in [5.74, 6) is -3.44. The van der Waals surface area contributed by atoms with Gasteiger partial charge in [-0.15, -0.1) is 0 Å². The van der Waals surface area contributed by atoms with E-state index >= 15 is 0 Å². The summed E-state index contributed by atoms with van der Waals surface area (Å²) in [6.07, 6.45) is -6.67. The number of aliphatic carboxylic acids is 2. The number of imidazole rings is 1. The van der Waals surface area contributed by atoms with Gasteiger partial charge in [0.05, 0.1) is 11.3 Å². The molecule has 0 spiro atoms. The molecule has 0 unspecified atom stereocenters. The molecule has 5 rings (SSSR count). The fourth-order valence-electron chi connectivity index (χ4n) is 3.26. The van der Waals surface area contributed by atoms with Crippen molar-refractivity contribution in [1.29, 1.82) is 0 Å². The summed E-state index contributed by atoms with van der Waals surface area (Å²) in [5, 5.41) is 14.2. The lowest BCUT2D eigenvalue weighted by atomic mass is 10.1. The second-order valence-corrected chi connectivity index (χ2v) is 8.60. The van der Waals surface area contributed by atoms with Gasteiger partial charge in [0.25, 0.3) is 0 Å². The molecule has 0 saturated heterocycles. The highest BCUT2D eigenvalue weighted by Gasteiger charge is 2.38. The van der Waals surface area contributed by atoms with E-state index in [2.05, 4.69) is 19.9 Å². The quantitative estimate of drug-likeness (QED) is 0.172. The van der Waals surface area contributed by atoms with Gasteiger partial charge in [0.15, 0.2) is 5.65 Å². The van der Waals surface area contributed by atoms with Crippen LogP contribution in [0.15, 0.2) is 91.3 Å². The second kappa shape index (κ2) is 15.2. The number of aromatic amines is 1. The Balaban J connectivity index is 0.000000331. The Hall–Kier alpha value is -5.67. The zero-order chi connectivity index (χ0) is 33.0. The molecule has 16 heteroatoms. The molecule has 236 valence electrons. The summed E-state index contributed by atoms with van der Waals surface area (Å²) >= 11 is 0. The fraction of sp³-hybridized carbons (Fsp3) is 0.138. The summed E-state index contributed by atoms with van der Waals surface area (Å²) in [7, 11) is 0. The van der Waals surface area contributed by atoms with Crippen molar-refractivity contribution >= 4 is 23.1 Å². The molecule has 5 aromatic rings. The van der Waals surface area contributed by atoms with Crippen LogP contribution in [0.1, 0.15) is 11.3 Å². The lowest BCUT2D eigenvalue weighted by Crippen LogP contribution is -2.21. The van der Waals surface area contributed by atoms with Gasteiger partial charge >= 0.3 is 24.3 Å². The lowest BCUT2D eigenvalue weighted by molar-refractivity contribution is -0.193. The lowest BCUT2D eigenvalue weighted by Gasteiger charge is -2.13. The van der Waals surface area contributed by atoms with Gasteiger partial charge in [0, 0.05) is 18.5 Å². The number of carboxylic acids is 2. The van der Waals surface area contributed by atoms with Gasteiger partial charge in [-0.3, -0.25) is 4.98 Å². The predicted molar refractivity (Wildman–Crippen MR) is 146 cm³/mol. The Kier molecular flexibility index (Phi) is 11.4. The molecular weight excluding hydrogens is 614 g/mol. The molecule has 0 bridgehead atoms. The van der Waals surface area contributed by atoms with Crippen LogP contribution < -0.4 is 9.47 Å². The molecule has 0 aliphatic rings. The zero-order valence-electron chi connectivity index (χ0n) is 22.7. The Morgan fingerprint density at radius 1 is 0.733 bits per heavy atom. The number of ether oxygens (including phenoxy) is 2. The first-order valence-electron chi connectivity index (χ1n) is 12.5. The number of halogens is 6. The molecule has 0 saturated carbocycles. The molecule has 0 amide bonds. The van der Waals surface area contributed by atoms with E-state index in [0.717, 1.165) is 33.7 Å². The maximum atomic E-state index is 10.6. The van der Waals surface area contributed by atoms with E-state index in [1.807, 2.05) is 78.9 Å². The summed E-state index contributed by atoms with van der Waals surface area (Å²) in [4.78, 5) is 34.4. The van der Waals surface area contributed by atoms with Crippen molar-refractivity contribution in [3.8, 4) is 22.9 Å². The van der Waals surface area contributed by atoms with E-state index in [9.17, 15) is 26.3 Å². The van der Waals surface area contributed by atoms with Crippen LogP contribution in [0.3, 0.4) is 0 Å². The molecular formula is C29H22F6N4O6. The van der Waals surface area contributed by atoms with Crippen LogP contribution in [0.2, 0.25) is 0 Å². The van der Waals surface area contributed by atoms with Crippen molar-refractivity contribution in [3.63, 3.8) is 0 Å². The predicted octanol–water partition coefficient (Wildman–Crippen LogP) is 6.44. The molecule has 45 heavy (non-hydrogen) atoms. The van der Waals surface area contributed by atoms with E-state index in [0.29, 0.717) is 24.8 Å². The van der Waals surface area contributed by atoms with Crippen LogP contribution in [0.25, 0.3) is 22.6 Å². The third kappa shape index (κ3) is 10.8. The van der Waals surface area contributed by atoms with Gasteiger partial charge in [-0.2, -0.15) is 26.3 Å². The number of fused-ring (bicyclic) bond motifs is 1. The van der Waals surface area contributed by atoms with E-state index < -0.39 is 24.3 Å². The van der Waals surface area contributed by atoms with Crippen LogP contribution in [-0.2, 0) is 22.8 Å². The summed E-state index contributed by atoms with van der Waals surface area (Å²) in [6.45, 7) is 0.822. The standard InChI is InChI=1S/C25H20N4O2.2C2HF3O2/c1-2-7-18(8-3-1)16-30-20-11-12-21(24-28-22-10-6-14-27-25(22)29-24)23(15-20)31-17-19-9-4-5-13-26-19;2*3-2(4,5)1(6)7/h1-15H,16-17H2,(H,27,28,29);2*(H,6,7). The van der Waals surface area contributed by atoms with Crippen LogP contribution in [-0.4, -0.2) is 54.4 Å². The Labute approximate surface area is 249 Å². The van der Waals surface area contributed by atoms with Gasteiger partial charge < -0.3 is 24.7 Å². The van der Waals surface area contributed by atoms with Crippen LogP contribution in [0.4, 0.5) is 26.3 Å². The minimum absolute atomic E-state index is 0.342. The van der Waals surface area contributed by atoms with Crippen LogP contribution in [0, 0.1) is 0 Å². The third-order valence-corrected chi connectivity index (χ3v) is 5.30. The maximum Gasteiger partial charge on any atom is 0.490 e. The third-order valence-electron chi connectivity index (χ3n) is 5.30. The molecule has 2 aromatic carbocycles. The summed E-state index contributed by atoms with van der Waals surface area (Å²) in [6, 6.07) is 25.4. The monoisotopic (exact) mass is 636 g/mol. The first kappa shape index (κ1) is 33.8. The fourth-order valence-corrected chi connectivity index (χ4v) is 3.26. The van der Waals surface area contributed by atoms with Crippen molar-refractivity contribution in [1.82, 2.24) is 19.9 Å². The average molecular weight is 637 g/mol. The molecule has 10 nitrogen and oxygen atoms in total. The first-order valence-corrected chi connectivity index (χ1v) is 12.5. The Morgan fingerprint density at radius 3 is 1.93 bits per heavy atom. The topological polar surface area (TPSA) is 148 Å². The number of carboxylic acid groups (broad SMARTS) is 2. The molecule has 0 radical (unpaired) electrons. The van der Waals surface area contributed by atoms with E-state index in [1.165, 1.54) is 0 Å². The van der Waals surface area contributed by atoms with Crippen molar-refractivity contribution in [3.05, 3.63) is 103 Å². The summed E-state index contributed by atoms with van der Waals surface area (Å²) < 4.78 is 75.6. The van der Waals surface area contributed by atoms with E-state index in [4.69, 9.17) is 29.3 Å². The molecule has 0 fully saturated rings. The maximum absolute atomic E-state index is 10.6. The van der Waals surface area contributed by atoms with Gasteiger partial charge in [0.2, 0.25) is 0 Å². The van der Waals surface area contributed by atoms with E-state index in [-0.39, 0.29) is 0 Å². The second-order valence-electron chi connectivity index (χ2n) is 8.60. The highest BCUT2D eigenvalue weighted by Crippen LogP contribution is 2.33. The summed E-state index contributed by atoms with van der Waals surface area (Å²) in [5.41, 5.74) is 4.32. The van der Waals surface area contributed by atoms with Gasteiger partial charge in [-0.1, -0.05) is 36.4 Å². The number of rotatable bonds is 7. The number of nitrogens with one attached hydrogen (secondary N) is 1. The SMILES string of the molecule is O=C(O)C(F)(F)F.O=C(O)C(F)(F)F.c1ccc(COc2ccc(-c3nc4cccnc4[nH]3)c(OCc3ccccn3)c2)cc1. The highest BCUT2D eigenvalue weighted by molar-refractivity contribution is 5.78. The average Bonchev–Trinajstić information content (AvgIpc) is 3.44. The van der Waals surface area contributed by atoms with Gasteiger partial charge in [-0.25, -0.2) is 19.6 Å². The molecule has 3 aromatic heterocycles. The van der Waals surface area contributed by atoms with Crippen molar-refractivity contribution < 1.29 is 55.6 Å². The number of pyridine rings is 2. The molecule has 0 aliphatic carbocycles. The number of alkyl halides is 6. The zero-order valence-corrected chi connectivity index (χ0v) is 22.7. The number of benzene rings is 2. The number of carbonyl (C=O) groups is 2. The van der Waals surface area contributed by atoms with Crippen molar-refractivity contribution in [2.45, 2.75) is 25.6 Å². The number of aromatic nitrogens is 4. The Bertz CT molecular complexity index is 1640. The number of hydrogen-bond acceptors (Lipinski definition) is 7. The smallest absolute Gasteiger partial charge is 0.489 e. The minimum Gasteiger partial charge on any atom is -0.489 e. The van der Waals surface area contributed by atoms with Crippen molar-refractivity contribution in [2.24, 2.45) is 0 Å². The minimum atomic E-state index is -5.08. The van der Waals surface area contributed by atoms with E-state index in [1.54, 1.807) is 12.4 Å². The Morgan fingerprint density at radius 2 is 1.36 bits per heavy atom. The molecule has 3 heterocycles. The highest BCUT2D eigenvalue weighted by atomic mass is 19.4. The molecule has 0 atom stereocenters. The normalized spacial score (nSPS) is 11.0. The number of nitrogens with zero attached hydrogens (tertiary/aromatic N) is 3. The van der Waals surface area contributed by atoms with Crippen molar-refractivity contribution in [2.75, 3.05) is 0 Å². The van der Waals surface area contributed by atoms with Crippen LogP contribution >= 0.6 is 0 Å². The largest absolute Gasteiger partial charge is 0.490 e. The van der Waals surface area contributed by atoms with Gasteiger partial charge in [0.1, 0.15) is 36.1 Å². The molecule has 0 aliphatic heterocycles. The number of hydrogen-bond donors (Lipinski definition) is 3.